The van der Waals surface area contributed by atoms with Crippen molar-refractivity contribution in [2.75, 3.05) is 7.11 Å². The summed E-state index contributed by atoms with van der Waals surface area (Å²) in [5.74, 6) is -1.85. The lowest BCUT2D eigenvalue weighted by molar-refractivity contribution is 0.0172. The number of methoxy groups -OCH3 is 1. The average Bonchev–Trinajstić information content (AvgIpc) is 2.15. The van der Waals surface area contributed by atoms with Gasteiger partial charge in [-0.1, -0.05) is 0 Å². The first-order valence-electron chi connectivity index (χ1n) is 4.88. The summed E-state index contributed by atoms with van der Waals surface area (Å²) in [7, 11) is 1.49. The summed E-state index contributed by atoms with van der Waals surface area (Å²) in [5.41, 5.74) is -0.609. The van der Waals surface area contributed by atoms with E-state index in [4.69, 9.17) is 4.74 Å². The molecule has 0 unspecified atom stereocenters. The van der Waals surface area contributed by atoms with E-state index in [1.54, 1.807) is 13.8 Å². The second-order valence-electron chi connectivity index (χ2n) is 4.22. The monoisotopic (exact) mass is 228 g/mol. The molecule has 0 saturated heterocycles. The summed E-state index contributed by atoms with van der Waals surface area (Å²) in [5, 5.41) is 0. The molecule has 16 heavy (non-hydrogen) atoms. The fourth-order valence-electron chi connectivity index (χ4n) is 1.28. The molecular formula is C12H14F2O2. The molecule has 0 spiro atoms. The van der Waals surface area contributed by atoms with Crippen molar-refractivity contribution in [1.82, 2.24) is 0 Å². The van der Waals surface area contributed by atoms with Crippen LogP contribution >= 0.6 is 0 Å². The Morgan fingerprint density at radius 2 is 1.75 bits per heavy atom. The van der Waals surface area contributed by atoms with Crippen LogP contribution in [-0.2, 0) is 4.74 Å². The molecular weight excluding hydrogens is 214 g/mol. The Labute approximate surface area is 93.2 Å². The van der Waals surface area contributed by atoms with Crippen molar-refractivity contribution in [3.63, 3.8) is 0 Å². The minimum Gasteiger partial charge on any atom is -0.378 e. The second-order valence-corrected chi connectivity index (χ2v) is 4.22. The summed E-state index contributed by atoms with van der Waals surface area (Å²) in [4.78, 5) is 11.7. The number of benzene rings is 1. The molecule has 0 aliphatic carbocycles. The third kappa shape index (κ3) is 3.38. The summed E-state index contributed by atoms with van der Waals surface area (Å²) in [6.07, 6.45) is 0.0758. The highest BCUT2D eigenvalue weighted by Crippen LogP contribution is 2.18. The van der Waals surface area contributed by atoms with E-state index in [0.717, 1.165) is 18.2 Å². The molecule has 2 nitrogen and oxygen atoms in total. The van der Waals surface area contributed by atoms with Crippen LogP contribution in [0.5, 0.6) is 0 Å². The van der Waals surface area contributed by atoms with Crippen LogP contribution in [0.1, 0.15) is 30.6 Å². The van der Waals surface area contributed by atoms with Crippen molar-refractivity contribution in [3.05, 3.63) is 35.4 Å². The molecule has 0 N–H and O–H groups in total. The van der Waals surface area contributed by atoms with Gasteiger partial charge in [-0.05, 0) is 26.0 Å². The van der Waals surface area contributed by atoms with E-state index in [0.29, 0.717) is 0 Å². The maximum atomic E-state index is 12.9. The number of hydrogen-bond acceptors (Lipinski definition) is 2. The highest BCUT2D eigenvalue weighted by Gasteiger charge is 2.22. The maximum Gasteiger partial charge on any atom is 0.165 e. The van der Waals surface area contributed by atoms with E-state index in [9.17, 15) is 13.6 Å². The maximum absolute atomic E-state index is 12.9. The Morgan fingerprint density at radius 1 is 1.25 bits per heavy atom. The normalized spacial score (nSPS) is 11.6. The molecule has 0 fully saturated rings. The molecule has 0 aliphatic heterocycles. The number of Topliss-reactive ketones (excluding diaryl/α,β-unsaturated/α-hetero) is 1. The number of halogens is 2. The first kappa shape index (κ1) is 12.8. The van der Waals surface area contributed by atoms with Crippen molar-refractivity contribution in [2.45, 2.75) is 25.9 Å². The molecule has 1 aromatic carbocycles. The van der Waals surface area contributed by atoms with E-state index in [1.165, 1.54) is 7.11 Å². The molecule has 0 bridgehead atoms. The predicted octanol–water partition coefficient (Wildman–Crippen LogP) is 2.96. The van der Waals surface area contributed by atoms with E-state index < -0.39 is 17.2 Å². The third-order valence-corrected chi connectivity index (χ3v) is 2.32. The van der Waals surface area contributed by atoms with Gasteiger partial charge in [-0.2, -0.15) is 0 Å². The van der Waals surface area contributed by atoms with Gasteiger partial charge < -0.3 is 4.74 Å². The molecule has 4 heteroatoms. The van der Waals surface area contributed by atoms with Crippen LogP contribution in [0.4, 0.5) is 8.78 Å². The minimum absolute atomic E-state index is 0.0302. The second kappa shape index (κ2) is 4.70. The van der Waals surface area contributed by atoms with Gasteiger partial charge in [0.05, 0.1) is 5.60 Å². The molecule has 0 aromatic heterocycles. The zero-order chi connectivity index (χ0) is 12.3. The molecule has 0 radical (unpaired) electrons. The van der Waals surface area contributed by atoms with Gasteiger partial charge in [0.1, 0.15) is 11.6 Å². The Bertz CT molecular complexity index is 380. The predicted molar refractivity (Wildman–Crippen MR) is 56.4 cm³/mol. The first-order valence-corrected chi connectivity index (χ1v) is 4.88. The lowest BCUT2D eigenvalue weighted by atomic mass is 9.97. The largest absolute Gasteiger partial charge is 0.378 e. The molecule has 0 aliphatic rings. The molecule has 0 heterocycles. The highest BCUT2D eigenvalue weighted by molar-refractivity contribution is 5.96. The van der Waals surface area contributed by atoms with Gasteiger partial charge >= 0.3 is 0 Å². The van der Waals surface area contributed by atoms with Crippen LogP contribution in [0.25, 0.3) is 0 Å². The minimum atomic E-state index is -0.751. The van der Waals surface area contributed by atoms with Crippen molar-refractivity contribution in [3.8, 4) is 0 Å². The van der Waals surface area contributed by atoms with Crippen LogP contribution in [0.15, 0.2) is 18.2 Å². The third-order valence-electron chi connectivity index (χ3n) is 2.32. The molecule has 0 saturated carbocycles. The summed E-state index contributed by atoms with van der Waals surface area (Å²) in [6, 6.07) is 2.78. The number of ether oxygens (including phenoxy) is 1. The topological polar surface area (TPSA) is 26.3 Å². The quantitative estimate of drug-likeness (QED) is 0.740. The summed E-state index contributed by atoms with van der Waals surface area (Å²) < 4.78 is 30.8. The fourth-order valence-corrected chi connectivity index (χ4v) is 1.28. The van der Waals surface area contributed by atoms with Crippen molar-refractivity contribution in [2.24, 2.45) is 0 Å². The van der Waals surface area contributed by atoms with Crippen LogP contribution in [0.3, 0.4) is 0 Å². The molecule has 88 valence electrons. The molecule has 1 rings (SSSR count). The van der Waals surface area contributed by atoms with E-state index in [2.05, 4.69) is 0 Å². The number of rotatable bonds is 4. The number of hydrogen-bond donors (Lipinski definition) is 0. The van der Waals surface area contributed by atoms with E-state index >= 15 is 0 Å². The number of carbonyl (C=O) groups excluding carboxylic acids is 1. The standard InChI is InChI=1S/C12H14F2O2/c1-12(2,16-3)7-11(15)8-4-9(13)6-10(14)5-8/h4-6H,7H2,1-3H3. The zero-order valence-electron chi connectivity index (χ0n) is 9.51. The first-order chi connectivity index (χ1) is 7.34. The average molecular weight is 228 g/mol. The van der Waals surface area contributed by atoms with Gasteiger partial charge in [-0.25, -0.2) is 8.78 Å². The Morgan fingerprint density at radius 3 is 2.19 bits per heavy atom. The number of carbonyl (C=O) groups is 1. The van der Waals surface area contributed by atoms with Gasteiger partial charge in [-0.15, -0.1) is 0 Å². The lowest BCUT2D eigenvalue weighted by Gasteiger charge is -2.21. The van der Waals surface area contributed by atoms with Crippen LogP contribution < -0.4 is 0 Å². The Balaban J connectivity index is 2.89. The van der Waals surface area contributed by atoms with Gasteiger partial charge in [-0.3, -0.25) is 4.79 Å². The van der Waals surface area contributed by atoms with Gasteiger partial charge in [0.15, 0.2) is 5.78 Å². The summed E-state index contributed by atoms with van der Waals surface area (Å²) >= 11 is 0. The Kier molecular flexibility index (Phi) is 3.75. The van der Waals surface area contributed by atoms with Crippen molar-refractivity contribution < 1.29 is 18.3 Å². The number of ketones is 1. The van der Waals surface area contributed by atoms with Crippen LogP contribution in [-0.4, -0.2) is 18.5 Å². The van der Waals surface area contributed by atoms with E-state index in [1.807, 2.05) is 0 Å². The molecule has 0 atom stereocenters. The van der Waals surface area contributed by atoms with Gasteiger partial charge in [0.25, 0.3) is 0 Å². The van der Waals surface area contributed by atoms with E-state index in [-0.39, 0.29) is 17.8 Å². The SMILES string of the molecule is COC(C)(C)CC(=O)c1cc(F)cc(F)c1. The smallest absolute Gasteiger partial charge is 0.165 e. The fraction of sp³-hybridized carbons (Fsp3) is 0.417. The van der Waals surface area contributed by atoms with Crippen LogP contribution in [0, 0.1) is 11.6 Å². The van der Waals surface area contributed by atoms with Crippen LogP contribution in [0.2, 0.25) is 0 Å². The molecule has 0 amide bonds. The van der Waals surface area contributed by atoms with Crippen molar-refractivity contribution >= 4 is 5.78 Å². The van der Waals surface area contributed by atoms with Gasteiger partial charge in [0.2, 0.25) is 0 Å². The lowest BCUT2D eigenvalue weighted by Crippen LogP contribution is -2.26. The van der Waals surface area contributed by atoms with Crippen molar-refractivity contribution in [1.29, 1.82) is 0 Å². The van der Waals surface area contributed by atoms with Gasteiger partial charge in [0, 0.05) is 25.2 Å². The zero-order valence-corrected chi connectivity index (χ0v) is 9.51. The molecule has 1 aromatic rings. The Hall–Kier alpha value is -1.29. The summed E-state index contributed by atoms with van der Waals surface area (Å²) in [6.45, 7) is 3.47. The highest BCUT2D eigenvalue weighted by atomic mass is 19.1.